The van der Waals surface area contributed by atoms with Gasteiger partial charge in [0, 0.05) is 30.5 Å². The standard InChI is InChI=1S/C43H47F4N7O5S/c1-41(2,3)58-39(55)51-37-25(17-48)29-23(9-11-26(45)35(29)60-37)30-32(46)24-10-13-27-28-12-8-22(54(28)40(56)59-42(4,5)6)19-53(27)36-31(24)34(33(30)47)49-38(50-36)57-20-43-14-7-15-52(43)18-21(44)16-43/h9,11,21-22,27-28H,7-8,10,12-16,18-20H2,1-6H3,(H,51,55)/t21-,22-,27-,28+,43+/m1/s1. The van der Waals surface area contributed by atoms with Gasteiger partial charge in [-0.25, -0.2) is 27.2 Å². The molecule has 0 spiro atoms. The third-order valence-corrected chi connectivity index (χ3v) is 13.6. The molecule has 7 heterocycles. The Balaban J connectivity index is 1.20. The van der Waals surface area contributed by atoms with Crippen molar-refractivity contribution in [3.05, 3.63) is 40.7 Å². The van der Waals surface area contributed by atoms with Crippen molar-refractivity contribution < 1.29 is 41.4 Å². The SMILES string of the molecule is CC(C)(C)OC(=O)Nc1sc2c(F)ccc(-c3c(F)c4c5c(nc(OC[C@@]67CCCN6C[C@H](F)C7)nc5c3F)N3C[C@H]5CC[C@@H]([C@H]3CC4)N5C(=O)OC(C)(C)C)c2c1C#N. The van der Waals surface area contributed by atoms with Crippen molar-refractivity contribution in [2.75, 3.05) is 36.5 Å². The van der Waals surface area contributed by atoms with Crippen LogP contribution in [0.4, 0.5) is 38.0 Å². The summed E-state index contributed by atoms with van der Waals surface area (Å²) in [6.07, 6.45) is 1.40. The first-order chi connectivity index (χ1) is 28.4. The lowest BCUT2D eigenvalue weighted by atomic mass is 9.92. The van der Waals surface area contributed by atoms with E-state index in [2.05, 4.69) is 15.2 Å². The van der Waals surface area contributed by atoms with Crippen LogP contribution in [0.5, 0.6) is 6.01 Å². The molecule has 0 radical (unpaired) electrons. The lowest BCUT2D eigenvalue weighted by Crippen LogP contribution is -2.62. The Kier molecular flexibility index (Phi) is 9.66. The summed E-state index contributed by atoms with van der Waals surface area (Å²) >= 11 is 0.755. The quantitative estimate of drug-likeness (QED) is 0.194. The molecule has 0 saturated carbocycles. The number of nitriles is 1. The number of piperazine rings is 1. The van der Waals surface area contributed by atoms with E-state index < -0.39 is 58.1 Å². The van der Waals surface area contributed by atoms with Gasteiger partial charge in [0.05, 0.1) is 44.9 Å². The van der Waals surface area contributed by atoms with E-state index in [0.717, 1.165) is 30.4 Å². The molecule has 4 fully saturated rings. The number of rotatable bonds is 5. The zero-order valence-electron chi connectivity index (χ0n) is 34.4. The Morgan fingerprint density at radius 1 is 1.00 bits per heavy atom. The summed E-state index contributed by atoms with van der Waals surface area (Å²) in [6.45, 7) is 11.8. The van der Waals surface area contributed by atoms with Gasteiger partial charge in [0.2, 0.25) is 0 Å². The molecule has 60 heavy (non-hydrogen) atoms. The van der Waals surface area contributed by atoms with Crippen LogP contribution >= 0.6 is 11.3 Å². The highest BCUT2D eigenvalue weighted by molar-refractivity contribution is 7.23. The fraction of sp³-hybridized carbons (Fsp3) is 0.558. The average molecular weight is 850 g/mol. The minimum atomic E-state index is -1.07. The van der Waals surface area contributed by atoms with E-state index in [1.165, 1.54) is 6.07 Å². The molecule has 5 aliphatic rings. The Morgan fingerprint density at radius 3 is 2.50 bits per heavy atom. The molecule has 4 aromatic rings. The number of ether oxygens (including phenoxy) is 3. The number of fused-ring (bicyclic) bond motifs is 7. The van der Waals surface area contributed by atoms with Crippen LogP contribution in [0.3, 0.4) is 0 Å². The second kappa shape index (κ2) is 14.3. The van der Waals surface area contributed by atoms with E-state index in [1.807, 2.05) is 31.7 Å². The third kappa shape index (κ3) is 6.74. The summed E-state index contributed by atoms with van der Waals surface area (Å²) in [5.74, 6) is -2.47. The van der Waals surface area contributed by atoms with Crippen LogP contribution in [0.25, 0.3) is 32.1 Å². The molecule has 4 saturated heterocycles. The molecular weight excluding hydrogens is 803 g/mol. The van der Waals surface area contributed by atoms with Crippen LogP contribution in [0.1, 0.15) is 91.2 Å². The van der Waals surface area contributed by atoms with Gasteiger partial charge in [-0.3, -0.25) is 15.1 Å². The van der Waals surface area contributed by atoms with Crippen molar-refractivity contribution in [2.45, 2.75) is 128 Å². The number of nitrogens with zero attached hydrogens (tertiary/aromatic N) is 6. The van der Waals surface area contributed by atoms with E-state index in [1.54, 1.807) is 25.7 Å². The number of amides is 2. The van der Waals surface area contributed by atoms with Crippen LogP contribution in [0, 0.1) is 28.8 Å². The fourth-order valence-electron chi connectivity index (χ4n) is 10.2. The van der Waals surface area contributed by atoms with Gasteiger partial charge in [-0.2, -0.15) is 15.2 Å². The van der Waals surface area contributed by atoms with Crippen molar-refractivity contribution in [3.8, 4) is 23.2 Å². The van der Waals surface area contributed by atoms with Gasteiger partial charge in [-0.15, -0.1) is 11.3 Å². The van der Waals surface area contributed by atoms with E-state index in [4.69, 9.17) is 19.2 Å². The van der Waals surface area contributed by atoms with Gasteiger partial charge in [0.1, 0.15) is 58.0 Å². The number of anilines is 2. The maximum Gasteiger partial charge on any atom is 0.412 e. The van der Waals surface area contributed by atoms with Crippen molar-refractivity contribution in [3.63, 3.8) is 0 Å². The Labute approximate surface area is 348 Å². The van der Waals surface area contributed by atoms with Gasteiger partial charge in [-0.05, 0) is 98.2 Å². The molecule has 12 nitrogen and oxygen atoms in total. The van der Waals surface area contributed by atoms with Crippen molar-refractivity contribution in [2.24, 2.45) is 0 Å². The molecule has 17 heteroatoms. The molecule has 318 valence electrons. The number of carbonyl (C=O) groups excluding carboxylic acids is 2. The van der Waals surface area contributed by atoms with Crippen LogP contribution in [0.15, 0.2) is 12.1 Å². The first-order valence-corrected chi connectivity index (χ1v) is 21.3. The topological polar surface area (TPSA) is 133 Å². The Morgan fingerprint density at radius 2 is 1.77 bits per heavy atom. The highest BCUT2D eigenvalue weighted by atomic mass is 32.1. The number of alkyl halides is 1. The highest BCUT2D eigenvalue weighted by Crippen LogP contribution is 2.50. The summed E-state index contributed by atoms with van der Waals surface area (Å²) in [5, 5.41) is 13.0. The number of thiophene rings is 1. The number of halogens is 4. The first kappa shape index (κ1) is 40.5. The largest absolute Gasteiger partial charge is 0.461 e. The van der Waals surface area contributed by atoms with Gasteiger partial charge < -0.3 is 19.1 Å². The highest BCUT2D eigenvalue weighted by Gasteiger charge is 2.52. The molecule has 9 rings (SSSR count). The Bertz CT molecular complexity index is 2500. The van der Waals surface area contributed by atoms with Gasteiger partial charge in [0.15, 0.2) is 5.82 Å². The lowest BCUT2D eigenvalue weighted by Gasteiger charge is -2.47. The molecule has 5 atom stereocenters. The summed E-state index contributed by atoms with van der Waals surface area (Å²) in [5.41, 5.74) is -3.08. The second-order valence-electron chi connectivity index (χ2n) is 18.7. The fourth-order valence-corrected chi connectivity index (χ4v) is 11.3. The number of benzene rings is 2. The molecular formula is C43H47F4N7O5S. The molecule has 1 N–H and O–H groups in total. The molecule has 2 amide bonds. The smallest absolute Gasteiger partial charge is 0.412 e. The number of carbonyl (C=O) groups is 2. The number of aromatic nitrogens is 2. The van der Waals surface area contributed by atoms with Crippen LogP contribution in [-0.4, -0.2) is 99.2 Å². The maximum atomic E-state index is 17.6. The summed E-state index contributed by atoms with van der Waals surface area (Å²) in [6, 6.07) is 3.23. The molecule has 5 aliphatic heterocycles. The third-order valence-electron chi connectivity index (χ3n) is 12.5. The predicted octanol–water partition coefficient (Wildman–Crippen LogP) is 9.01. The zero-order chi connectivity index (χ0) is 42.6. The van der Waals surface area contributed by atoms with E-state index in [9.17, 15) is 19.2 Å². The number of hydrogen-bond donors (Lipinski definition) is 1. The monoisotopic (exact) mass is 849 g/mol. The number of aryl methyl sites for hydroxylation is 1. The van der Waals surface area contributed by atoms with E-state index >= 15 is 13.2 Å². The minimum absolute atomic E-state index is 0.0441. The summed E-state index contributed by atoms with van der Waals surface area (Å²) in [7, 11) is 0. The maximum absolute atomic E-state index is 17.6. The van der Waals surface area contributed by atoms with Crippen LogP contribution in [0.2, 0.25) is 0 Å². The molecule has 2 aromatic carbocycles. The number of hydrogen-bond acceptors (Lipinski definition) is 11. The van der Waals surface area contributed by atoms with Crippen molar-refractivity contribution in [1.82, 2.24) is 19.8 Å². The normalized spacial score (nSPS) is 24.9. The molecule has 2 aromatic heterocycles. The van der Waals surface area contributed by atoms with E-state index in [-0.39, 0.29) is 92.1 Å². The van der Waals surface area contributed by atoms with Crippen molar-refractivity contribution >= 4 is 55.3 Å². The zero-order valence-corrected chi connectivity index (χ0v) is 35.2. The summed E-state index contributed by atoms with van der Waals surface area (Å²) < 4.78 is 83.1. The van der Waals surface area contributed by atoms with Gasteiger partial charge >= 0.3 is 18.2 Å². The lowest BCUT2D eigenvalue weighted by molar-refractivity contribution is 0.00718. The molecule has 2 bridgehead atoms. The van der Waals surface area contributed by atoms with Crippen molar-refractivity contribution in [1.29, 1.82) is 5.26 Å². The molecule has 0 aliphatic carbocycles. The first-order valence-electron chi connectivity index (χ1n) is 20.5. The van der Waals surface area contributed by atoms with Crippen LogP contribution in [-0.2, 0) is 15.9 Å². The average Bonchev–Trinajstić information content (AvgIpc) is 3.86. The number of nitrogens with one attached hydrogen (secondary N) is 1. The Hall–Kier alpha value is -4.95. The molecule has 0 unspecified atom stereocenters. The minimum Gasteiger partial charge on any atom is -0.461 e. The van der Waals surface area contributed by atoms with Gasteiger partial charge in [-0.1, -0.05) is 6.07 Å². The van der Waals surface area contributed by atoms with E-state index in [0.29, 0.717) is 38.8 Å². The second-order valence-corrected chi connectivity index (χ2v) is 19.7. The van der Waals surface area contributed by atoms with Crippen LogP contribution < -0.4 is 15.0 Å². The summed E-state index contributed by atoms with van der Waals surface area (Å²) in [4.78, 5) is 41.9. The predicted molar refractivity (Wildman–Crippen MR) is 218 cm³/mol. The van der Waals surface area contributed by atoms with Gasteiger partial charge in [0.25, 0.3) is 0 Å².